The van der Waals surface area contributed by atoms with Gasteiger partial charge in [-0.25, -0.2) is 9.69 Å². The van der Waals surface area contributed by atoms with Crippen LogP contribution in [0.25, 0.3) is 6.08 Å². The molecule has 0 spiro atoms. The van der Waals surface area contributed by atoms with Gasteiger partial charge in [0.15, 0.2) is 11.5 Å². The van der Waals surface area contributed by atoms with E-state index in [1.165, 1.54) is 13.2 Å². The molecule has 196 valence electrons. The van der Waals surface area contributed by atoms with Gasteiger partial charge in [-0.2, -0.15) is 0 Å². The summed E-state index contributed by atoms with van der Waals surface area (Å²) in [4.78, 5) is 39.4. The molecule has 0 radical (unpaired) electrons. The number of rotatable bonds is 10. The van der Waals surface area contributed by atoms with Gasteiger partial charge >= 0.3 is 6.03 Å². The van der Waals surface area contributed by atoms with Crippen molar-refractivity contribution >= 4 is 52.2 Å². The number of carbonyl (C=O) groups excluding carboxylic acids is 3. The quantitative estimate of drug-likeness (QED) is 0.134. The summed E-state index contributed by atoms with van der Waals surface area (Å²) in [6, 6.07) is 19.0. The van der Waals surface area contributed by atoms with E-state index in [-0.39, 0.29) is 5.57 Å². The molecule has 0 unspecified atom stereocenters. The van der Waals surface area contributed by atoms with Crippen molar-refractivity contribution in [3.63, 3.8) is 0 Å². The normalized spacial score (nSPS) is 14.4. The standard InChI is InChI=1S/C29H27IN2O6/c1-3-4-14-37-22-12-10-21(11-13-22)32-28(34)23(27(33)31-29(32)35)15-20-16-24(30)26(25(17-20)36-2)38-18-19-8-6-5-7-9-19/h5-13,15-17H,3-4,14,18H2,1-2H3,(H,31,33,35)/b23-15-. The number of methoxy groups -OCH3 is 1. The molecule has 0 aliphatic carbocycles. The zero-order chi connectivity index (χ0) is 27.1. The highest BCUT2D eigenvalue weighted by molar-refractivity contribution is 14.1. The molecule has 4 amide bonds. The van der Waals surface area contributed by atoms with Crippen LogP contribution in [-0.2, 0) is 16.2 Å². The van der Waals surface area contributed by atoms with Crippen LogP contribution < -0.4 is 24.4 Å². The Bertz CT molecular complexity index is 1360. The van der Waals surface area contributed by atoms with Crippen molar-refractivity contribution in [3.05, 3.63) is 87.0 Å². The second-order valence-electron chi connectivity index (χ2n) is 8.46. The molecule has 1 saturated heterocycles. The van der Waals surface area contributed by atoms with E-state index < -0.39 is 17.8 Å². The van der Waals surface area contributed by atoms with Crippen molar-refractivity contribution in [2.45, 2.75) is 26.4 Å². The smallest absolute Gasteiger partial charge is 0.335 e. The van der Waals surface area contributed by atoms with Crippen LogP contribution in [0, 0.1) is 3.57 Å². The Hall–Kier alpha value is -3.86. The van der Waals surface area contributed by atoms with E-state index in [4.69, 9.17) is 14.2 Å². The Balaban J connectivity index is 1.57. The van der Waals surface area contributed by atoms with Crippen LogP contribution in [0.1, 0.15) is 30.9 Å². The van der Waals surface area contributed by atoms with Crippen LogP contribution in [0.5, 0.6) is 17.2 Å². The van der Waals surface area contributed by atoms with Gasteiger partial charge in [-0.3, -0.25) is 14.9 Å². The van der Waals surface area contributed by atoms with Crippen LogP contribution in [0.15, 0.2) is 72.3 Å². The SMILES string of the molecule is CCCCOc1ccc(N2C(=O)NC(=O)/C(=C/c3cc(I)c(OCc4ccccc4)c(OC)c3)C2=O)cc1. The maximum absolute atomic E-state index is 13.3. The van der Waals surface area contributed by atoms with E-state index in [2.05, 4.69) is 34.8 Å². The molecule has 0 saturated carbocycles. The Morgan fingerprint density at radius 2 is 1.71 bits per heavy atom. The van der Waals surface area contributed by atoms with Crippen LogP contribution in [-0.4, -0.2) is 31.6 Å². The molecule has 1 fully saturated rings. The zero-order valence-corrected chi connectivity index (χ0v) is 23.2. The van der Waals surface area contributed by atoms with Gasteiger partial charge in [-0.1, -0.05) is 43.7 Å². The van der Waals surface area contributed by atoms with Crippen molar-refractivity contribution in [2.75, 3.05) is 18.6 Å². The molecule has 0 atom stereocenters. The number of amides is 4. The largest absolute Gasteiger partial charge is 0.494 e. The number of nitrogens with zero attached hydrogens (tertiary/aromatic N) is 1. The summed E-state index contributed by atoms with van der Waals surface area (Å²) in [6.07, 6.45) is 3.37. The number of unbranched alkanes of at least 4 members (excludes halogenated alkanes) is 1. The topological polar surface area (TPSA) is 94.2 Å². The number of barbiturate groups is 1. The van der Waals surface area contributed by atoms with Crippen molar-refractivity contribution in [1.29, 1.82) is 0 Å². The molecular weight excluding hydrogens is 599 g/mol. The average Bonchev–Trinajstić information content (AvgIpc) is 2.91. The lowest BCUT2D eigenvalue weighted by Gasteiger charge is -2.26. The average molecular weight is 626 g/mol. The summed E-state index contributed by atoms with van der Waals surface area (Å²) in [7, 11) is 1.52. The second-order valence-corrected chi connectivity index (χ2v) is 9.62. The fourth-order valence-electron chi connectivity index (χ4n) is 3.78. The number of benzene rings is 3. The molecule has 3 aromatic rings. The monoisotopic (exact) mass is 626 g/mol. The number of carbonyl (C=O) groups is 3. The first-order valence-corrected chi connectivity index (χ1v) is 13.2. The number of hydrogen-bond acceptors (Lipinski definition) is 6. The summed E-state index contributed by atoms with van der Waals surface area (Å²) in [5.41, 5.74) is 1.70. The third-order valence-electron chi connectivity index (χ3n) is 5.75. The van der Waals surface area contributed by atoms with Gasteiger partial charge in [0.2, 0.25) is 0 Å². The minimum atomic E-state index is -0.811. The minimum absolute atomic E-state index is 0.177. The molecule has 1 heterocycles. The number of hydrogen-bond donors (Lipinski definition) is 1. The van der Waals surface area contributed by atoms with Crippen molar-refractivity contribution in [1.82, 2.24) is 5.32 Å². The van der Waals surface area contributed by atoms with Gasteiger partial charge in [0.1, 0.15) is 17.9 Å². The molecule has 4 rings (SSSR count). The fourth-order valence-corrected chi connectivity index (χ4v) is 4.56. The molecule has 1 aliphatic heterocycles. The van der Waals surface area contributed by atoms with Crippen molar-refractivity contribution < 1.29 is 28.6 Å². The molecule has 3 aromatic carbocycles. The van der Waals surface area contributed by atoms with Gasteiger partial charge in [0.05, 0.1) is 23.0 Å². The Kier molecular flexibility index (Phi) is 9.01. The highest BCUT2D eigenvalue weighted by Crippen LogP contribution is 2.35. The second kappa shape index (κ2) is 12.6. The number of anilines is 1. The number of ether oxygens (including phenoxy) is 3. The van der Waals surface area contributed by atoms with E-state index >= 15 is 0 Å². The Morgan fingerprint density at radius 1 is 0.974 bits per heavy atom. The highest BCUT2D eigenvalue weighted by Gasteiger charge is 2.37. The van der Waals surface area contributed by atoms with Gasteiger partial charge in [-0.05, 0) is 82.6 Å². The maximum Gasteiger partial charge on any atom is 0.335 e. The van der Waals surface area contributed by atoms with E-state index in [9.17, 15) is 14.4 Å². The Morgan fingerprint density at radius 3 is 2.39 bits per heavy atom. The van der Waals surface area contributed by atoms with Gasteiger partial charge in [-0.15, -0.1) is 0 Å². The first-order valence-electron chi connectivity index (χ1n) is 12.1. The zero-order valence-electron chi connectivity index (χ0n) is 21.0. The first kappa shape index (κ1) is 27.2. The van der Waals surface area contributed by atoms with E-state index in [1.54, 1.807) is 36.4 Å². The van der Waals surface area contributed by atoms with Gasteiger partial charge in [0.25, 0.3) is 11.8 Å². The fraction of sp³-hybridized carbons (Fsp3) is 0.207. The summed E-state index contributed by atoms with van der Waals surface area (Å²) >= 11 is 2.12. The highest BCUT2D eigenvalue weighted by atomic mass is 127. The van der Waals surface area contributed by atoms with Crippen LogP contribution >= 0.6 is 22.6 Å². The number of halogens is 1. The molecule has 0 aromatic heterocycles. The van der Waals surface area contributed by atoms with Crippen LogP contribution in [0.3, 0.4) is 0 Å². The molecule has 8 nitrogen and oxygen atoms in total. The number of urea groups is 1. The minimum Gasteiger partial charge on any atom is -0.494 e. The third kappa shape index (κ3) is 6.34. The third-order valence-corrected chi connectivity index (χ3v) is 6.55. The van der Waals surface area contributed by atoms with Gasteiger partial charge in [0, 0.05) is 0 Å². The summed E-state index contributed by atoms with van der Waals surface area (Å²) in [5.74, 6) is 0.146. The predicted molar refractivity (Wildman–Crippen MR) is 152 cm³/mol. The Labute approximate surface area is 234 Å². The molecule has 1 aliphatic rings. The molecule has 9 heteroatoms. The number of nitrogens with one attached hydrogen (secondary N) is 1. The number of imide groups is 2. The molecule has 38 heavy (non-hydrogen) atoms. The van der Waals surface area contributed by atoms with Crippen LogP contribution in [0.2, 0.25) is 0 Å². The van der Waals surface area contributed by atoms with E-state index in [1.807, 2.05) is 30.3 Å². The maximum atomic E-state index is 13.3. The van der Waals surface area contributed by atoms with Gasteiger partial charge < -0.3 is 14.2 Å². The lowest BCUT2D eigenvalue weighted by molar-refractivity contribution is -0.122. The summed E-state index contributed by atoms with van der Waals surface area (Å²) in [6.45, 7) is 3.01. The molecular formula is C29H27IN2O6. The van der Waals surface area contributed by atoms with E-state index in [0.29, 0.717) is 41.7 Å². The van der Waals surface area contributed by atoms with E-state index in [0.717, 1.165) is 26.9 Å². The lowest BCUT2D eigenvalue weighted by atomic mass is 10.1. The van der Waals surface area contributed by atoms with Crippen molar-refractivity contribution in [3.8, 4) is 17.2 Å². The predicted octanol–water partition coefficient (Wildman–Crippen LogP) is 5.72. The summed E-state index contributed by atoms with van der Waals surface area (Å²) < 4.78 is 17.9. The van der Waals surface area contributed by atoms with Crippen molar-refractivity contribution in [2.24, 2.45) is 0 Å². The first-order chi connectivity index (χ1) is 18.4. The van der Waals surface area contributed by atoms with Crippen LogP contribution in [0.4, 0.5) is 10.5 Å². The summed E-state index contributed by atoms with van der Waals surface area (Å²) in [5, 5.41) is 2.25. The molecule has 1 N–H and O–H groups in total. The molecule has 0 bridgehead atoms. The lowest BCUT2D eigenvalue weighted by Crippen LogP contribution is -2.54.